The van der Waals surface area contributed by atoms with E-state index in [1.807, 2.05) is 24.3 Å². The van der Waals surface area contributed by atoms with E-state index < -0.39 is 15.8 Å². The van der Waals surface area contributed by atoms with Crippen LogP contribution in [0.15, 0.2) is 53.4 Å². The van der Waals surface area contributed by atoms with Crippen LogP contribution in [0, 0.1) is 11.7 Å². The second kappa shape index (κ2) is 7.60. The van der Waals surface area contributed by atoms with Gasteiger partial charge in [0.2, 0.25) is 10.0 Å². The third-order valence-corrected chi connectivity index (χ3v) is 7.28. The topological polar surface area (TPSA) is 46.6 Å². The molecule has 6 heteroatoms. The van der Waals surface area contributed by atoms with E-state index in [0.717, 1.165) is 30.8 Å². The molecule has 2 aliphatic carbocycles. The summed E-state index contributed by atoms with van der Waals surface area (Å²) in [6, 6.07) is 13.1. The molecule has 0 atom stereocenters. The molecular formula is C21H24FNO3S. The van der Waals surface area contributed by atoms with Crippen LogP contribution < -0.4 is 4.74 Å². The summed E-state index contributed by atoms with van der Waals surface area (Å²) < 4.78 is 47.3. The van der Waals surface area contributed by atoms with Crippen molar-refractivity contribution in [1.29, 1.82) is 0 Å². The Bertz CT molecular complexity index is 890. The lowest BCUT2D eigenvalue weighted by molar-refractivity contribution is 0.180. The van der Waals surface area contributed by atoms with Crippen molar-refractivity contribution in [2.45, 2.75) is 49.6 Å². The molecule has 0 aromatic heterocycles. The predicted octanol–water partition coefficient (Wildman–Crippen LogP) is 4.36. The van der Waals surface area contributed by atoms with Crippen molar-refractivity contribution in [3.8, 4) is 5.75 Å². The van der Waals surface area contributed by atoms with Crippen LogP contribution in [0.3, 0.4) is 0 Å². The third kappa shape index (κ3) is 4.17. The van der Waals surface area contributed by atoms with Gasteiger partial charge in [0.25, 0.3) is 0 Å². The van der Waals surface area contributed by atoms with Crippen LogP contribution in [0.4, 0.5) is 4.39 Å². The van der Waals surface area contributed by atoms with Crippen LogP contribution in [0.25, 0.3) is 0 Å². The highest BCUT2D eigenvalue weighted by molar-refractivity contribution is 7.89. The molecule has 2 saturated carbocycles. The van der Waals surface area contributed by atoms with Crippen LogP contribution in [0.5, 0.6) is 5.75 Å². The molecule has 2 fully saturated rings. The van der Waals surface area contributed by atoms with Gasteiger partial charge in [0.1, 0.15) is 16.5 Å². The molecule has 4 rings (SSSR count). The van der Waals surface area contributed by atoms with Crippen LogP contribution in [-0.2, 0) is 16.6 Å². The van der Waals surface area contributed by atoms with Gasteiger partial charge in [-0.3, -0.25) is 0 Å². The smallest absolute Gasteiger partial charge is 0.246 e. The number of sulfonamides is 1. The molecule has 2 aliphatic rings. The summed E-state index contributed by atoms with van der Waals surface area (Å²) in [5.41, 5.74) is 0.873. The third-order valence-electron chi connectivity index (χ3n) is 5.35. The number of nitrogens with zero attached hydrogens (tertiary/aromatic N) is 1. The van der Waals surface area contributed by atoms with Gasteiger partial charge in [-0.1, -0.05) is 30.7 Å². The van der Waals surface area contributed by atoms with Gasteiger partial charge in [-0.2, -0.15) is 4.31 Å². The number of ether oxygens (including phenoxy) is 1. The highest BCUT2D eigenvalue weighted by Crippen LogP contribution is 2.34. The van der Waals surface area contributed by atoms with E-state index in [9.17, 15) is 12.8 Å². The minimum atomic E-state index is -3.87. The van der Waals surface area contributed by atoms with E-state index >= 15 is 0 Å². The number of rotatable bonds is 8. The fourth-order valence-corrected chi connectivity index (χ4v) is 5.04. The Kier molecular flexibility index (Phi) is 5.19. The second-order valence-electron chi connectivity index (χ2n) is 7.46. The van der Waals surface area contributed by atoms with Gasteiger partial charge in [-0.15, -0.1) is 0 Å². The first-order valence-corrected chi connectivity index (χ1v) is 11.0. The first-order valence-electron chi connectivity index (χ1n) is 9.52. The number of hydrogen-bond donors (Lipinski definition) is 0. The first-order chi connectivity index (χ1) is 13.0. The average molecular weight is 389 g/mol. The summed E-state index contributed by atoms with van der Waals surface area (Å²) in [6.07, 6.45) is 5.40. The molecule has 0 aliphatic heterocycles. The molecule has 4 nitrogen and oxygen atoms in total. The Morgan fingerprint density at radius 1 is 1.00 bits per heavy atom. The Morgan fingerprint density at radius 2 is 1.70 bits per heavy atom. The lowest BCUT2D eigenvalue weighted by Gasteiger charge is -2.25. The normalized spacial score (nSPS) is 17.7. The summed E-state index contributed by atoms with van der Waals surface area (Å²) in [5.74, 6) is 0.768. The van der Waals surface area contributed by atoms with Gasteiger partial charge in [0.05, 0.1) is 6.61 Å². The zero-order valence-electron chi connectivity index (χ0n) is 15.2. The minimum absolute atomic E-state index is 0.0517. The Balaban J connectivity index is 1.48. The van der Waals surface area contributed by atoms with Crippen LogP contribution in [-0.4, -0.2) is 25.4 Å². The Morgan fingerprint density at radius 3 is 2.30 bits per heavy atom. The lowest BCUT2D eigenvalue weighted by Crippen LogP contribution is -2.33. The van der Waals surface area contributed by atoms with Crippen molar-refractivity contribution < 1.29 is 17.5 Å². The first kappa shape index (κ1) is 18.4. The molecular weight excluding hydrogens is 365 g/mol. The quantitative estimate of drug-likeness (QED) is 0.674. The van der Waals surface area contributed by atoms with Gasteiger partial charge in [-0.25, -0.2) is 12.8 Å². The van der Waals surface area contributed by atoms with Crippen LogP contribution >= 0.6 is 0 Å². The van der Waals surface area contributed by atoms with Crippen molar-refractivity contribution in [2.75, 3.05) is 6.61 Å². The fraction of sp³-hybridized carbons (Fsp3) is 0.429. The van der Waals surface area contributed by atoms with Gasteiger partial charge >= 0.3 is 0 Å². The van der Waals surface area contributed by atoms with Crippen molar-refractivity contribution in [1.82, 2.24) is 4.31 Å². The molecule has 144 valence electrons. The Labute approximate surface area is 160 Å². The van der Waals surface area contributed by atoms with E-state index in [1.54, 1.807) is 6.07 Å². The van der Waals surface area contributed by atoms with Crippen molar-refractivity contribution in [2.24, 2.45) is 5.92 Å². The standard InChI is InChI=1S/C21H24FNO3S/c22-20-6-1-2-7-21(20)27(24,25)23(18-10-11-18)14-16-8-12-19(13-9-16)26-15-17-4-3-5-17/h1-2,6-9,12-13,17-18H,3-5,10-11,14-15H2. The maximum Gasteiger partial charge on any atom is 0.246 e. The lowest BCUT2D eigenvalue weighted by atomic mass is 9.86. The summed E-state index contributed by atoms with van der Waals surface area (Å²) in [4.78, 5) is -0.252. The van der Waals surface area contributed by atoms with E-state index in [1.165, 1.54) is 41.8 Å². The zero-order chi connectivity index (χ0) is 18.9. The summed E-state index contributed by atoms with van der Waals surface area (Å²) in [7, 11) is -3.87. The highest BCUT2D eigenvalue weighted by Gasteiger charge is 2.39. The van der Waals surface area contributed by atoms with Gasteiger partial charge in [0.15, 0.2) is 0 Å². The number of benzene rings is 2. The van der Waals surface area contributed by atoms with Gasteiger partial charge in [-0.05, 0) is 61.4 Å². The predicted molar refractivity (Wildman–Crippen MR) is 101 cm³/mol. The molecule has 0 N–H and O–H groups in total. The number of halogens is 1. The summed E-state index contributed by atoms with van der Waals surface area (Å²) >= 11 is 0. The molecule has 0 spiro atoms. The van der Waals surface area contributed by atoms with E-state index in [2.05, 4.69) is 0 Å². The monoisotopic (exact) mass is 389 g/mol. The van der Waals surface area contributed by atoms with E-state index in [0.29, 0.717) is 5.92 Å². The minimum Gasteiger partial charge on any atom is -0.493 e. The second-order valence-corrected chi connectivity index (χ2v) is 9.32. The molecule has 2 aromatic rings. The van der Waals surface area contributed by atoms with Crippen molar-refractivity contribution >= 4 is 10.0 Å². The number of hydrogen-bond acceptors (Lipinski definition) is 3. The molecule has 0 radical (unpaired) electrons. The fourth-order valence-electron chi connectivity index (χ4n) is 3.30. The summed E-state index contributed by atoms with van der Waals surface area (Å²) in [6.45, 7) is 0.986. The zero-order valence-corrected chi connectivity index (χ0v) is 16.0. The molecule has 0 saturated heterocycles. The largest absolute Gasteiger partial charge is 0.493 e. The molecule has 2 aromatic carbocycles. The van der Waals surface area contributed by atoms with Gasteiger partial charge in [0, 0.05) is 12.6 Å². The molecule has 0 unspecified atom stereocenters. The Hall–Kier alpha value is -1.92. The van der Waals surface area contributed by atoms with Crippen molar-refractivity contribution in [3.63, 3.8) is 0 Å². The van der Waals surface area contributed by atoms with Crippen molar-refractivity contribution in [3.05, 3.63) is 59.9 Å². The van der Waals surface area contributed by atoms with E-state index in [-0.39, 0.29) is 17.5 Å². The molecule has 0 heterocycles. The maximum atomic E-state index is 14.1. The molecule has 0 bridgehead atoms. The van der Waals surface area contributed by atoms with E-state index in [4.69, 9.17) is 4.74 Å². The van der Waals surface area contributed by atoms with Crippen LogP contribution in [0.2, 0.25) is 0 Å². The van der Waals surface area contributed by atoms with Crippen LogP contribution in [0.1, 0.15) is 37.7 Å². The maximum absolute atomic E-state index is 14.1. The average Bonchev–Trinajstić information content (AvgIpc) is 3.44. The van der Waals surface area contributed by atoms with Gasteiger partial charge < -0.3 is 4.74 Å². The molecule has 0 amide bonds. The summed E-state index contributed by atoms with van der Waals surface area (Å²) in [5, 5.41) is 0. The SMILES string of the molecule is O=S(=O)(c1ccccc1F)N(Cc1ccc(OCC2CCC2)cc1)C1CC1. The highest BCUT2D eigenvalue weighted by atomic mass is 32.2. The molecule has 27 heavy (non-hydrogen) atoms.